The summed E-state index contributed by atoms with van der Waals surface area (Å²) < 4.78 is 0. The van der Waals surface area contributed by atoms with Crippen molar-refractivity contribution in [1.29, 1.82) is 0 Å². The number of carbonyl (C=O) groups is 1. The van der Waals surface area contributed by atoms with E-state index in [1.165, 1.54) is 5.56 Å². The van der Waals surface area contributed by atoms with Crippen LogP contribution in [0.1, 0.15) is 35.6 Å². The van der Waals surface area contributed by atoms with Crippen molar-refractivity contribution in [3.63, 3.8) is 0 Å². The average Bonchev–Trinajstić information content (AvgIpc) is 2.49. The number of amides is 1. The predicted molar refractivity (Wildman–Crippen MR) is 93.2 cm³/mol. The molecule has 2 atom stereocenters. The van der Waals surface area contributed by atoms with Crippen molar-refractivity contribution in [3.05, 3.63) is 71.3 Å². The molecule has 0 bridgehead atoms. The van der Waals surface area contributed by atoms with Crippen LogP contribution in [0, 0.1) is 6.92 Å². The fourth-order valence-corrected chi connectivity index (χ4v) is 2.33. The lowest BCUT2D eigenvalue weighted by atomic mass is 9.97. The van der Waals surface area contributed by atoms with E-state index in [9.17, 15) is 4.79 Å². The van der Waals surface area contributed by atoms with E-state index in [1.807, 2.05) is 56.3 Å². The van der Waals surface area contributed by atoms with E-state index < -0.39 is 0 Å². The van der Waals surface area contributed by atoms with Crippen molar-refractivity contribution in [2.75, 3.05) is 6.54 Å². The minimum Gasteiger partial charge on any atom is -0.349 e. The molecule has 0 aliphatic carbocycles. The van der Waals surface area contributed by atoms with Gasteiger partial charge in [-0.1, -0.05) is 60.2 Å². The Morgan fingerprint density at radius 3 is 2.18 bits per heavy atom. The summed E-state index contributed by atoms with van der Waals surface area (Å²) in [5, 5.41) is 3.05. The number of hydrogen-bond acceptors (Lipinski definition) is 2. The number of nitrogens with one attached hydrogen (secondary N) is 1. The highest BCUT2D eigenvalue weighted by Crippen LogP contribution is 2.18. The van der Waals surface area contributed by atoms with Crippen LogP contribution in [-0.4, -0.2) is 12.5 Å². The van der Waals surface area contributed by atoms with Gasteiger partial charge in [0, 0.05) is 6.54 Å². The van der Waals surface area contributed by atoms with Crippen molar-refractivity contribution >= 4 is 18.3 Å². The summed E-state index contributed by atoms with van der Waals surface area (Å²) in [4.78, 5) is 12.4. The number of hydrogen-bond donors (Lipinski definition) is 2. The molecule has 4 heteroatoms. The Hall–Kier alpha value is -1.84. The summed E-state index contributed by atoms with van der Waals surface area (Å²) in [5.74, 6) is -0.337. The highest BCUT2D eigenvalue weighted by atomic mass is 35.5. The third kappa shape index (κ3) is 4.58. The molecule has 22 heavy (non-hydrogen) atoms. The second-order valence-electron chi connectivity index (χ2n) is 5.34. The van der Waals surface area contributed by atoms with Crippen LogP contribution in [0.25, 0.3) is 0 Å². The van der Waals surface area contributed by atoms with Gasteiger partial charge in [-0.3, -0.25) is 4.79 Å². The molecule has 2 unspecified atom stereocenters. The number of carbonyl (C=O) groups excluding carboxylic acids is 1. The minimum atomic E-state index is -0.306. The van der Waals surface area contributed by atoms with Gasteiger partial charge in [-0.05, 0) is 25.0 Å². The minimum absolute atomic E-state index is 0. The predicted octanol–water partition coefficient (Wildman–Crippen LogP) is 3.34. The van der Waals surface area contributed by atoms with Crippen LogP contribution < -0.4 is 11.1 Å². The van der Waals surface area contributed by atoms with Gasteiger partial charge in [-0.2, -0.15) is 0 Å². The molecular weight excluding hydrogens is 296 g/mol. The molecule has 2 rings (SSSR count). The van der Waals surface area contributed by atoms with Crippen LogP contribution in [0.5, 0.6) is 0 Å². The lowest BCUT2D eigenvalue weighted by molar-refractivity contribution is -0.123. The van der Waals surface area contributed by atoms with Gasteiger partial charge in [0.1, 0.15) is 0 Å². The van der Waals surface area contributed by atoms with Crippen LogP contribution in [-0.2, 0) is 4.79 Å². The second kappa shape index (κ2) is 8.57. The van der Waals surface area contributed by atoms with Crippen molar-refractivity contribution < 1.29 is 4.79 Å². The highest BCUT2D eigenvalue weighted by Gasteiger charge is 2.20. The average molecular weight is 319 g/mol. The molecule has 0 radical (unpaired) electrons. The molecule has 0 fully saturated rings. The number of rotatable bonds is 5. The Balaban J connectivity index is 0.00000242. The summed E-state index contributed by atoms with van der Waals surface area (Å²) in [6.45, 7) is 4.34. The van der Waals surface area contributed by atoms with E-state index in [4.69, 9.17) is 5.73 Å². The van der Waals surface area contributed by atoms with Crippen molar-refractivity contribution in [2.24, 2.45) is 5.73 Å². The lowest BCUT2D eigenvalue weighted by Gasteiger charge is -2.20. The molecule has 0 heterocycles. The molecule has 1 amide bonds. The largest absolute Gasteiger partial charge is 0.349 e. The Kier molecular flexibility index (Phi) is 7.09. The maximum atomic E-state index is 12.4. The van der Waals surface area contributed by atoms with Crippen molar-refractivity contribution in [3.8, 4) is 0 Å². The molecule has 2 aromatic rings. The standard InChI is InChI=1S/C18H22N2O.ClH/c1-13-8-10-15(11-9-13)14(2)20-18(21)17(12-19)16-6-4-3-5-7-16;/h3-11,14,17H,12,19H2,1-2H3,(H,20,21);1H. The first-order chi connectivity index (χ1) is 10.1. The van der Waals surface area contributed by atoms with Gasteiger partial charge in [0.05, 0.1) is 12.0 Å². The summed E-state index contributed by atoms with van der Waals surface area (Å²) in [6, 6.07) is 17.8. The third-order valence-corrected chi connectivity index (χ3v) is 3.69. The molecule has 2 aromatic carbocycles. The topological polar surface area (TPSA) is 55.1 Å². The van der Waals surface area contributed by atoms with Crippen LogP contribution in [0.4, 0.5) is 0 Å². The number of aryl methyl sites for hydroxylation is 1. The zero-order chi connectivity index (χ0) is 15.2. The van der Waals surface area contributed by atoms with Gasteiger partial charge in [-0.25, -0.2) is 0 Å². The molecule has 0 saturated heterocycles. The Morgan fingerprint density at radius 1 is 1.05 bits per heavy atom. The van der Waals surface area contributed by atoms with Crippen LogP contribution >= 0.6 is 12.4 Å². The van der Waals surface area contributed by atoms with E-state index in [2.05, 4.69) is 17.4 Å². The van der Waals surface area contributed by atoms with Crippen LogP contribution in [0.2, 0.25) is 0 Å². The van der Waals surface area contributed by atoms with E-state index in [0.717, 1.165) is 11.1 Å². The van der Waals surface area contributed by atoms with E-state index >= 15 is 0 Å². The fraction of sp³-hybridized carbons (Fsp3) is 0.278. The Labute approximate surface area is 138 Å². The van der Waals surface area contributed by atoms with Gasteiger partial charge >= 0.3 is 0 Å². The Bertz CT molecular complexity index is 584. The smallest absolute Gasteiger partial charge is 0.229 e. The molecular formula is C18H23ClN2O. The molecule has 0 aromatic heterocycles. The van der Waals surface area contributed by atoms with E-state index in [-0.39, 0.29) is 30.3 Å². The molecule has 0 aliphatic heterocycles. The third-order valence-electron chi connectivity index (χ3n) is 3.69. The van der Waals surface area contributed by atoms with Crippen molar-refractivity contribution in [1.82, 2.24) is 5.32 Å². The quantitative estimate of drug-likeness (QED) is 0.888. The van der Waals surface area contributed by atoms with Gasteiger partial charge in [-0.15, -0.1) is 12.4 Å². The van der Waals surface area contributed by atoms with Crippen LogP contribution in [0.15, 0.2) is 54.6 Å². The van der Waals surface area contributed by atoms with Crippen LogP contribution in [0.3, 0.4) is 0 Å². The maximum absolute atomic E-state index is 12.4. The van der Waals surface area contributed by atoms with Gasteiger partial charge in [0.25, 0.3) is 0 Å². The fourth-order valence-electron chi connectivity index (χ4n) is 2.33. The molecule has 3 N–H and O–H groups in total. The van der Waals surface area contributed by atoms with Gasteiger partial charge in [0.15, 0.2) is 0 Å². The Morgan fingerprint density at radius 2 is 1.64 bits per heavy atom. The summed E-state index contributed by atoms with van der Waals surface area (Å²) >= 11 is 0. The monoisotopic (exact) mass is 318 g/mol. The highest BCUT2D eigenvalue weighted by molar-refractivity contribution is 5.85. The first kappa shape index (κ1) is 18.2. The maximum Gasteiger partial charge on any atom is 0.229 e. The number of benzene rings is 2. The van der Waals surface area contributed by atoms with E-state index in [1.54, 1.807) is 0 Å². The normalized spacial score (nSPS) is 12.9. The lowest BCUT2D eigenvalue weighted by Crippen LogP contribution is -2.35. The zero-order valence-electron chi connectivity index (χ0n) is 13.0. The summed E-state index contributed by atoms with van der Waals surface area (Å²) in [6.07, 6.45) is 0. The first-order valence-electron chi connectivity index (χ1n) is 7.23. The van der Waals surface area contributed by atoms with Crippen molar-refractivity contribution in [2.45, 2.75) is 25.8 Å². The SMILES string of the molecule is Cc1ccc(C(C)NC(=O)C(CN)c2ccccc2)cc1.Cl. The molecule has 118 valence electrons. The van der Waals surface area contributed by atoms with Gasteiger partial charge in [0.2, 0.25) is 5.91 Å². The number of nitrogens with two attached hydrogens (primary N) is 1. The first-order valence-corrected chi connectivity index (χ1v) is 7.23. The molecule has 3 nitrogen and oxygen atoms in total. The molecule has 0 aliphatic rings. The molecule has 0 saturated carbocycles. The summed E-state index contributed by atoms with van der Waals surface area (Å²) in [7, 11) is 0. The van der Waals surface area contributed by atoms with Gasteiger partial charge < -0.3 is 11.1 Å². The van der Waals surface area contributed by atoms with E-state index in [0.29, 0.717) is 6.54 Å². The number of halogens is 1. The summed E-state index contributed by atoms with van der Waals surface area (Å²) in [5.41, 5.74) is 9.04. The second-order valence-corrected chi connectivity index (χ2v) is 5.34. The molecule has 0 spiro atoms. The zero-order valence-corrected chi connectivity index (χ0v) is 13.8.